The second kappa shape index (κ2) is 11.2. The van der Waals surface area contributed by atoms with E-state index in [0.717, 1.165) is 36.3 Å². The van der Waals surface area contributed by atoms with E-state index in [0.29, 0.717) is 0 Å². The molecule has 0 unspecified atom stereocenters. The van der Waals surface area contributed by atoms with Crippen molar-refractivity contribution in [2.75, 3.05) is 0 Å². The molecule has 0 saturated heterocycles. The first-order valence-corrected chi connectivity index (χ1v) is 13.3. The van der Waals surface area contributed by atoms with E-state index in [1.807, 2.05) is 0 Å². The van der Waals surface area contributed by atoms with Gasteiger partial charge in [-0.3, -0.25) is 0 Å². The van der Waals surface area contributed by atoms with Crippen LogP contribution in [-0.4, -0.2) is 16.1 Å². The summed E-state index contributed by atoms with van der Waals surface area (Å²) in [6, 6.07) is 6.43. The highest BCUT2D eigenvalue weighted by molar-refractivity contribution is 6.90. The fraction of sp³-hybridized carbons (Fsp3) is 0.300. The van der Waals surface area contributed by atoms with Crippen LogP contribution in [0.25, 0.3) is 0 Å². The van der Waals surface area contributed by atoms with E-state index in [2.05, 4.69) is 87.3 Å². The molecule has 0 saturated carbocycles. The van der Waals surface area contributed by atoms with Gasteiger partial charge >= 0.3 is 0 Å². The Kier molecular flexibility index (Phi) is 10.5. The first kappa shape index (κ1) is 20.6. The summed E-state index contributed by atoms with van der Waals surface area (Å²) in [6.45, 7) is 23.8. The van der Waals surface area contributed by atoms with Gasteiger partial charge in [0.25, 0.3) is 0 Å². The van der Waals surface area contributed by atoms with Gasteiger partial charge in [0.2, 0.25) is 0 Å². The minimum atomic E-state index is -1.60. The fourth-order valence-electron chi connectivity index (χ4n) is 2.99. The quantitative estimate of drug-likeness (QED) is 0.248. The molecule has 0 radical (unpaired) electrons. The average Bonchev–Trinajstić information content (AvgIpc) is 2.47. The molecule has 0 atom stereocenters. The van der Waals surface area contributed by atoms with Crippen LogP contribution >= 0.6 is 0 Å². The lowest BCUT2D eigenvalue weighted by atomic mass is 10.7. The van der Waals surface area contributed by atoms with E-state index in [4.69, 9.17) is 0 Å². The fourth-order valence-corrected chi connectivity index (χ4v) is 11.1. The molecule has 0 heterocycles. The van der Waals surface area contributed by atoms with Gasteiger partial charge in [0.05, 0.1) is 16.1 Å². The number of rotatable bonds is 14. The Morgan fingerprint density at radius 2 is 0.591 bits per heavy atom. The first-order valence-electron chi connectivity index (χ1n) is 7.93. The molecule has 0 aromatic heterocycles. The van der Waals surface area contributed by atoms with E-state index in [1.165, 1.54) is 0 Å². The normalized spacial score (nSPS) is 11.8. The molecule has 0 aromatic rings. The monoisotopic (exact) mass is 328 g/mol. The van der Waals surface area contributed by atoms with Crippen molar-refractivity contribution in [1.29, 1.82) is 0 Å². The van der Waals surface area contributed by atoms with Crippen molar-refractivity contribution >= 4 is 16.1 Å². The zero-order valence-electron chi connectivity index (χ0n) is 14.1. The third-order valence-corrected chi connectivity index (χ3v) is 12.8. The molecule has 0 aliphatic rings. The summed E-state index contributed by atoms with van der Waals surface area (Å²) >= 11 is 0. The molecule has 120 valence electrons. The van der Waals surface area contributed by atoms with Crippen LogP contribution in [-0.2, 0) is 0 Å². The molecule has 0 fully saturated rings. The molecule has 0 aromatic carbocycles. The number of hydrogen-bond acceptors (Lipinski definition) is 0. The molecule has 0 nitrogen and oxygen atoms in total. The maximum Gasteiger partial charge on any atom is 0.0880 e. The molecule has 0 N–H and O–H groups in total. The molecule has 0 spiro atoms. The van der Waals surface area contributed by atoms with E-state index >= 15 is 0 Å². The summed E-state index contributed by atoms with van der Waals surface area (Å²) in [5.41, 5.74) is 5.06. The molecule has 0 rings (SSSR count). The Bertz CT molecular complexity index is 336. The maximum absolute atomic E-state index is 3.96. The van der Waals surface area contributed by atoms with E-state index in [1.54, 1.807) is 0 Å². The van der Waals surface area contributed by atoms with Crippen LogP contribution < -0.4 is 0 Å². The molecule has 0 bridgehead atoms. The van der Waals surface area contributed by atoms with Gasteiger partial charge < -0.3 is 0 Å². The van der Waals surface area contributed by atoms with Crippen LogP contribution in [0.4, 0.5) is 0 Å². The highest BCUT2D eigenvalue weighted by atomic mass is 28.3. The highest BCUT2D eigenvalue weighted by Gasteiger charge is 2.30. The van der Waals surface area contributed by atoms with Crippen molar-refractivity contribution in [3.05, 3.63) is 87.3 Å². The van der Waals surface area contributed by atoms with Gasteiger partial charge in [-0.25, -0.2) is 0 Å². The topological polar surface area (TPSA) is 0 Å². The predicted octanol–water partition coefficient (Wildman–Crippen LogP) is 6.63. The molecular formula is C20H32Si2. The van der Waals surface area contributed by atoms with E-state index < -0.39 is 16.1 Å². The zero-order chi connectivity index (χ0) is 16.9. The van der Waals surface area contributed by atoms with Crippen molar-refractivity contribution in [3.8, 4) is 0 Å². The molecule has 0 aliphatic carbocycles. The van der Waals surface area contributed by atoms with Crippen LogP contribution in [0, 0.1) is 0 Å². The van der Waals surface area contributed by atoms with Crippen LogP contribution in [0.5, 0.6) is 0 Å². The Morgan fingerprint density at radius 1 is 0.409 bits per heavy atom. The smallest absolute Gasteiger partial charge is 0.0880 e. The predicted molar refractivity (Wildman–Crippen MR) is 111 cm³/mol. The van der Waals surface area contributed by atoms with E-state index in [9.17, 15) is 0 Å². The van der Waals surface area contributed by atoms with Crippen LogP contribution in [0.15, 0.2) is 87.3 Å². The van der Waals surface area contributed by atoms with Crippen LogP contribution in [0.1, 0.15) is 0 Å². The molecule has 0 aliphatic heterocycles. The first-order chi connectivity index (χ1) is 10.6. The standard InChI is InChI=1S/C20H32Si2/c1-7-13-21(14-8-2,15-9-3)19-20-22(16-10-4,17-11-5)18-12-6/h7-12,19-20H,1-6,13-18H2. The summed E-state index contributed by atoms with van der Waals surface area (Å²) < 4.78 is 0. The molecule has 2 heteroatoms. The highest BCUT2D eigenvalue weighted by Crippen LogP contribution is 2.29. The molecule has 22 heavy (non-hydrogen) atoms. The van der Waals surface area contributed by atoms with Crippen molar-refractivity contribution in [1.82, 2.24) is 0 Å². The van der Waals surface area contributed by atoms with Gasteiger partial charge in [-0.2, -0.15) is 0 Å². The third kappa shape index (κ3) is 6.58. The third-order valence-electron chi connectivity index (χ3n) is 4.10. The second-order valence-corrected chi connectivity index (χ2v) is 14.6. The van der Waals surface area contributed by atoms with Gasteiger partial charge in [-0.1, -0.05) is 36.5 Å². The SMILES string of the molecule is C=CC[Si](C=C[Si](CC=C)(CC=C)CC=C)(CC=C)CC=C. The summed E-state index contributed by atoms with van der Waals surface area (Å²) in [4.78, 5) is 0. The Hall–Kier alpha value is -1.39. The van der Waals surface area contributed by atoms with Gasteiger partial charge in [-0.15, -0.1) is 50.9 Å². The molecule has 0 amide bonds. The van der Waals surface area contributed by atoms with E-state index in [-0.39, 0.29) is 0 Å². The summed E-state index contributed by atoms with van der Waals surface area (Å²) in [5, 5.41) is 0. The lowest BCUT2D eigenvalue weighted by molar-refractivity contribution is 1.36. The van der Waals surface area contributed by atoms with Crippen molar-refractivity contribution in [3.63, 3.8) is 0 Å². The zero-order valence-corrected chi connectivity index (χ0v) is 16.1. The summed E-state index contributed by atoms with van der Waals surface area (Å²) in [7, 11) is -3.19. The number of allylic oxidation sites excluding steroid dienone is 6. The Balaban J connectivity index is 5.67. The lowest BCUT2D eigenvalue weighted by Crippen LogP contribution is -2.35. The van der Waals surface area contributed by atoms with Crippen molar-refractivity contribution < 1.29 is 0 Å². The van der Waals surface area contributed by atoms with Gasteiger partial charge in [0.15, 0.2) is 0 Å². The Labute approximate surface area is 140 Å². The van der Waals surface area contributed by atoms with Crippen LogP contribution in [0.2, 0.25) is 36.3 Å². The van der Waals surface area contributed by atoms with Crippen molar-refractivity contribution in [2.45, 2.75) is 36.3 Å². The summed E-state index contributed by atoms with van der Waals surface area (Å²) in [6.07, 6.45) is 12.3. The Morgan fingerprint density at radius 3 is 0.727 bits per heavy atom. The average molecular weight is 329 g/mol. The largest absolute Gasteiger partial charge is 0.103 e. The lowest BCUT2D eigenvalue weighted by Gasteiger charge is -2.29. The van der Waals surface area contributed by atoms with Gasteiger partial charge in [-0.05, 0) is 36.3 Å². The minimum Gasteiger partial charge on any atom is -0.103 e. The summed E-state index contributed by atoms with van der Waals surface area (Å²) in [5.74, 6) is 0. The van der Waals surface area contributed by atoms with Gasteiger partial charge in [0.1, 0.15) is 0 Å². The maximum atomic E-state index is 3.96. The van der Waals surface area contributed by atoms with Crippen LogP contribution in [0.3, 0.4) is 0 Å². The minimum absolute atomic E-state index is 1.07. The van der Waals surface area contributed by atoms with Gasteiger partial charge in [0, 0.05) is 0 Å². The molecular weight excluding hydrogens is 296 g/mol. The number of hydrogen-bond donors (Lipinski definition) is 0. The second-order valence-electron chi connectivity index (χ2n) is 6.01. The van der Waals surface area contributed by atoms with Crippen molar-refractivity contribution in [2.24, 2.45) is 0 Å².